The van der Waals surface area contributed by atoms with Crippen LogP contribution in [0, 0.1) is 5.82 Å². The lowest BCUT2D eigenvalue weighted by Gasteiger charge is -2.37. The topological polar surface area (TPSA) is 46.1 Å². The van der Waals surface area contributed by atoms with E-state index in [0.717, 1.165) is 62.1 Å². The van der Waals surface area contributed by atoms with Gasteiger partial charge in [-0.05, 0) is 49.3 Å². The smallest absolute Gasteiger partial charge is 0.193 e. The maximum atomic E-state index is 12.9. The third kappa shape index (κ3) is 7.07. The first-order valence-electron chi connectivity index (χ1n) is 9.33. The van der Waals surface area contributed by atoms with Gasteiger partial charge in [0.2, 0.25) is 0 Å². The third-order valence-corrected chi connectivity index (χ3v) is 5.77. The van der Waals surface area contributed by atoms with Gasteiger partial charge in [0.25, 0.3) is 0 Å². The maximum absolute atomic E-state index is 12.9. The largest absolute Gasteiger partial charge is 0.375 e. The van der Waals surface area contributed by atoms with E-state index < -0.39 is 0 Å². The van der Waals surface area contributed by atoms with Crippen LogP contribution in [-0.4, -0.2) is 68.7 Å². The van der Waals surface area contributed by atoms with E-state index in [1.807, 2.05) is 19.2 Å². The van der Waals surface area contributed by atoms with Crippen molar-refractivity contribution in [2.24, 2.45) is 4.99 Å². The van der Waals surface area contributed by atoms with E-state index in [4.69, 9.17) is 9.47 Å². The molecule has 0 amide bonds. The summed E-state index contributed by atoms with van der Waals surface area (Å²) in [5.41, 5.74) is 0. The van der Waals surface area contributed by atoms with Crippen molar-refractivity contribution in [3.05, 3.63) is 30.1 Å². The molecule has 5 nitrogen and oxygen atoms in total. The molecule has 2 fully saturated rings. The van der Waals surface area contributed by atoms with Crippen LogP contribution < -0.4 is 5.32 Å². The van der Waals surface area contributed by atoms with Gasteiger partial charge in [-0.1, -0.05) is 0 Å². The highest BCUT2D eigenvalue weighted by Gasteiger charge is 2.32. The van der Waals surface area contributed by atoms with E-state index in [1.165, 1.54) is 12.1 Å². The molecule has 0 aromatic heterocycles. The first-order chi connectivity index (χ1) is 12.8. The molecule has 2 saturated heterocycles. The minimum absolute atomic E-state index is 0. The lowest BCUT2D eigenvalue weighted by molar-refractivity contribution is -0.0816. The number of aliphatic imine (C=N–C) groups is 1. The van der Waals surface area contributed by atoms with Crippen LogP contribution in [0.15, 0.2) is 34.2 Å². The van der Waals surface area contributed by atoms with Crippen molar-refractivity contribution >= 4 is 41.7 Å². The van der Waals surface area contributed by atoms with Gasteiger partial charge in [-0.25, -0.2) is 4.39 Å². The normalized spacial score (nSPS) is 23.2. The van der Waals surface area contributed by atoms with Crippen molar-refractivity contribution in [1.29, 1.82) is 0 Å². The Balaban J connectivity index is 0.00000261. The molecule has 0 radical (unpaired) electrons. The average Bonchev–Trinajstić information content (AvgIpc) is 3.21. The Labute approximate surface area is 182 Å². The average molecular weight is 509 g/mol. The zero-order valence-corrected chi connectivity index (χ0v) is 18.9. The zero-order chi connectivity index (χ0) is 18.2. The van der Waals surface area contributed by atoms with Gasteiger partial charge in [0.1, 0.15) is 11.9 Å². The van der Waals surface area contributed by atoms with Crippen molar-refractivity contribution in [2.75, 3.05) is 45.6 Å². The third-order valence-electron chi connectivity index (χ3n) is 4.67. The highest BCUT2D eigenvalue weighted by Crippen LogP contribution is 2.21. The highest BCUT2D eigenvalue weighted by molar-refractivity contribution is 14.0. The van der Waals surface area contributed by atoms with E-state index in [2.05, 4.69) is 15.2 Å². The van der Waals surface area contributed by atoms with Gasteiger partial charge in [0, 0.05) is 38.2 Å². The fraction of sp³-hybridized carbons (Fsp3) is 0.632. The molecule has 0 aliphatic carbocycles. The zero-order valence-electron chi connectivity index (χ0n) is 15.7. The summed E-state index contributed by atoms with van der Waals surface area (Å²) in [6.45, 7) is 4.11. The Hall–Kier alpha value is -0.580. The number of guanidine groups is 1. The number of ether oxygens (including phenoxy) is 2. The van der Waals surface area contributed by atoms with Gasteiger partial charge >= 0.3 is 0 Å². The lowest BCUT2D eigenvalue weighted by Crippen LogP contribution is -2.53. The quantitative estimate of drug-likeness (QED) is 0.210. The number of halogens is 2. The van der Waals surface area contributed by atoms with Gasteiger partial charge in [0.05, 0.1) is 12.7 Å². The van der Waals surface area contributed by atoms with Crippen molar-refractivity contribution in [3.63, 3.8) is 0 Å². The van der Waals surface area contributed by atoms with Crippen LogP contribution in [0.2, 0.25) is 0 Å². The molecule has 0 bridgehead atoms. The molecule has 1 N–H and O–H groups in total. The summed E-state index contributed by atoms with van der Waals surface area (Å²) in [6, 6.07) is 6.66. The summed E-state index contributed by atoms with van der Waals surface area (Å²) >= 11 is 1.74. The van der Waals surface area contributed by atoms with Crippen LogP contribution in [0.1, 0.15) is 19.3 Å². The van der Waals surface area contributed by atoms with Gasteiger partial charge in [-0.15, -0.1) is 35.7 Å². The molecular weight excluding hydrogens is 480 g/mol. The van der Waals surface area contributed by atoms with Crippen LogP contribution in [0.3, 0.4) is 0 Å². The highest BCUT2D eigenvalue weighted by atomic mass is 127. The number of hydrogen-bond acceptors (Lipinski definition) is 4. The predicted molar refractivity (Wildman–Crippen MR) is 119 cm³/mol. The molecule has 2 unspecified atom stereocenters. The van der Waals surface area contributed by atoms with Crippen LogP contribution in [-0.2, 0) is 9.47 Å². The second-order valence-corrected chi connectivity index (χ2v) is 7.70. The fourth-order valence-electron chi connectivity index (χ4n) is 3.31. The van der Waals surface area contributed by atoms with Gasteiger partial charge in [-0.3, -0.25) is 4.99 Å². The molecule has 2 atom stereocenters. The predicted octanol–water partition coefficient (Wildman–Crippen LogP) is 3.38. The van der Waals surface area contributed by atoms with E-state index in [0.29, 0.717) is 6.61 Å². The second-order valence-electron chi connectivity index (χ2n) is 6.54. The van der Waals surface area contributed by atoms with E-state index in [1.54, 1.807) is 11.8 Å². The molecule has 2 heterocycles. The Morgan fingerprint density at radius 2 is 2.04 bits per heavy atom. The standard InChI is InChI=1S/C19H28FN3O2S.HI/c1-21-19(22-9-3-13-26-16-7-5-15(20)6-8-16)23-10-12-25-18(14-23)17-4-2-11-24-17;/h5-8,17-18H,2-4,9-14H2,1H3,(H,21,22);1H. The summed E-state index contributed by atoms with van der Waals surface area (Å²) in [5, 5.41) is 3.45. The number of hydrogen-bond donors (Lipinski definition) is 1. The number of nitrogens with zero attached hydrogens (tertiary/aromatic N) is 2. The van der Waals surface area contributed by atoms with Gasteiger partial charge in [-0.2, -0.15) is 0 Å². The molecule has 0 saturated carbocycles. The molecule has 0 spiro atoms. The first kappa shape index (κ1) is 22.7. The van der Waals surface area contributed by atoms with Crippen molar-refractivity contribution in [3.8, 4) is 0 Å². The molecule has 3 rings (SSSR count). The molecule has 152 valence electrons. The molecule has 27 heavy (non-hydrogen) atoms. The van der Waals surface area contributed by atoms with E-state index >= 15 is 0 Å². The number of rotatable bonds is 6. The summed E-state index contributed by atoms with van der Waals surface area (Å²) in [5.74, 6) is 1.73. The number of benzene rings is 1. The minimum atomic E-state index is -0.188. The van der Waals surface area contributed by atoms with Crippen LogP contribution in [0.5, 0.6) is 0 Å². The van der Waals surface area contributed by atoms with E-state index in [-0.39, 0.29) is 42.0 Å². The molecule has 2 aliphatic heterocycles. The summed E-state index contributed by atoms with van der Waals surface area (Å²) in [4.78, 5) is 7.79. The minimum Gasteiger partial charge on any atom is -0.375 e. The molecule has 2 aliphatic rings. The van der Waals surface area contributed by atoms with Crippen molar-refractivity contribution in [1.82, 2.24) is 10.2 Å². The lowest BCUT2D eigenvalue weighted by atomic mass is 10.1. The molecule has 1 aromatic rings. The fourth-order valence-corrected chi connectivity index (χ4v) is 4.17. The number of thioether (sulfide) groups is 1. The van der Waals surface area contributed by atoms with Gasteiger partial charge < -0.3 is 19.7 Å². The second kappa shape index (κ2) is 12.1. The number of morpholine rings is 1. The summed E-state index contributed by atoms with van der Waals surface area (Å²) < 4.78 is 24.6. The van der Waals surface area contributed by atoms with Crippen LogP contribution >= 0.6 is 35.7 Å². The molecule has 8 heteroatoms. The summed E-state index contributed by atoms with van der Waals surface area (Å²) in [6.07, 6.45) is 3.59. The Bertz CT molecular complexity index is 585. The van der Waals surface area contributed by atoms with E-state index in [9.17, 15) is 4.39 Å². The monoisotopic (exact) mass is 509 g/mol. The Morgan fingerprint density at radius 3 is 2.74 bits per heavy atom. The molecule has 1 aromatic carbocycles. The Kier molecular flexibility index (Phi) is 10.2. The SMILES string of the molecule is CN=C(NCCCSc1ccc(F)cc1)N1CCOC(C2CCCO2)C1.I. The van der Waals surface area contributed by atoms with Crippen molar-refractivity contribution < 1.29 is 13.9 Å². The van der Waals surface area contributed by atoms with Gasteiger partial charge in [0.15, 0.2) is 5.96 Å². The maximum Gasteiger partial charge on any atom is 0.193 e. The summed E-state index contributed by atoms with van der Waals surface area (Å²) in [7, 11) is 1.83. The number of nitrogens with one attached hydrogen (secondary N) is 1. The van der Waals surface area contributed by atoms with Crippen LogP contribution in [0.4, 0.5) is 4.39 Å². The Morgan fingerprint density at radius 1 is 1.26 bits per heavy atom. The van der Waals surface area contributed by atoms with Crippen molar-refractivity contribution in [2.45, 2.75) is 36.4 Å². The van der Waals surface area contributed by atoms with Crippen LogP contribution in [0.25, 0.3) is 0 Å². The molecular formula is C19H29FIN3O2S. The first-order valence-corrected chi connectivity index (χ1v) is 10.3.